The van der Waals surface area contributed by atoms with E-state index in [1.54, 1.807) is 12.1 Å². The number of aryl methyl sites for hydroxylation is 1. The van der Waals surface area contributed by atoms with Crippen molar-refractivity contribution in [3.8, 4) is 0 Å². The first-order valence-corrected chi connectivity index (χ1v) is 7.63. The average molecular weight is 341 g/mol. The van der Waals surface area contributed by atoms with Crippen LogP contribution in [0.2, 0.25) is 5.02 Å². The number of thiocarbonyl (C=S) groups is 1. The second-order valence-corrected chi connectivity index (χ2v) is 6.22. The molecule has 0 fully saturated rings. The SMILES string of the molecule is COC(=O)c1cc(C)sc1NC(=S)Nc1ccccc1Cl. The van der Waals surface area contributed by atoms with Crippen molar-refractivity contribution in [2.45, 2.75) is 6.92 Å². The molecule has 7 heteroatoms. The Bertz CT molecular complexity index is 685. The fourth-order valence-corrected chi connectivity index (χ4v) is 3.05. The number of carbonyl (C=O) groups excluding carboxylic acids is 1. The minimum atomic E-state index is -0.401. The van der Waals surface area contributed by atoms with Crippen LogP contribution >= 0.6 is 35.2 Å². The van der Waals surface area contributed by atoms with Crippen LogP contribution in [-0.4, -0.2) is 18.2 Å². The summed E-state index contributed by atoms with van der Waals surface area (Å²) in [7, 11) is 1.35. The van der Waals surface area contributed by atoms with Gasteiger partial charge < -0.3 is 15.4 Å². The van der Waals surface area contributed by atoms with Crippen LogP contribution in [-0.2, 0) is 4.74 Å². The number of carbonyl (C=O) groups is 1. The van der Waals surface area contributed by atoms with Crippen LogP contribution in [0.5, 0.6) is 0 Å². The van der Waals surface area contributed by atoms with Crippen LogP contribution in [0.15, 0.2) is 30.3 Å². The quantitative estimate of drug-likeness (QED) is 0.644. The Kier molecular flexibility index (Phi) is 5.17. The van der Waals surface area contributed by atoms with E-state index in [4.69, 9.17) is 28.6 Å². The zero-order chi connectivity index (χ0) is 15.4. The maximum Gasteiger partial charge on any atom is 0.340 e. The third-order valence-electron chi connectivity index (χ3n) is 2.61. The highest BCUT2D eigenvalue weighted by atomic mass is 35.5. The first-order chi connectivity index (χ1) is 10.0. The highest BCUT2D eigenvalue weighted by Gasteiger charge is 2.16. The number of nitrogens with one attached hydrogen (secondary N) is 2. The van der Waals surface area contributed by atoms with Crippen molar-refractivity contribution in [1.29, 1.82) is 0 Å². The molecule has 1 aromatic carbocycles. The first-order valence-electron chi connectivity index (χ1n) is 6.02. The lowest BCUT2D eigenvalue weighted by Gasteiger charge is -2.11. The zero-order valence-electron chi connectivity index (χ0n) is 11.4. The van der Waals surface area contributed by atoms with E-state index >= 15 is 0 Å². The average Bonchev–Trinajstić information content (AvgIpc) is 2.81. The molecule has 0 aliphatic rings. The summed E-state index contributed by atoms with van der Waals surface area (Å²) in [6.07, 6.45) is 0. The molecule has 1 heterocycles. The van der Waals surface area contributed by atoms with Gasteiger partial charge in [0.15, 0.2) is 5.11 Å². The Morgan fingerprint density at radius 1 is 1.33 bits per heavy atom. The van der Waals surface area contributed by atoms with Gasteiger partial charge in [-0.25, -0.2) is 4.79 Å². The van der Waals surface area contributed by atoms with E-state index in [0.29, 0.717) is 26.4 Å². The third kappa shape index (κ3) is 3.93. The molecule has 0 saturated carbocycles. The van der Waals surface area contributed by atoms with Crippen LogP contribution in [0.3, 0.4) is 0 Å². The van der Waals surface area contributed by atoms with Gasteiger partial charge in [0.25, 0.3) is 0 Å². The van der Waals surface area contributed by atoms with Gasteiger partial charge in [0, 0.05) is 4.88 Å². The summed E-state index contributed by atoms with van der Waals surface area (Å²) in [6, 6.07) is 9.03. The molecule has 0 saturated heterocycles. The van der Waals surface area contributed by atoms with E-state index in [1.165, 1.54) is 18.4 Å². The van der Waals surface area contributed by atoms with Crippen molar-refractivity contribution in [3.63, 3.8) is 0 Å². The fraction of sp³-hybridized carbons (Fsp3) is 0.143. The summed E-state index contributed by atoms with van der Waals surface area (Å²) in [5.74, 6) is -0.401. The van der Waals surface area contributed by atoms with Gasteiger partial charge in [-0.05, 0) is 37.3 Å². The Morgan fingerprint density at radius 2 is 2.05 bits per heavy atom. The summed E-state index contributed by atoms with van der Waals surface area (Å²) in [5.41, 5.74) is 1.16. The maximum atomic E-state index is 11.7. The molecular weight excluding hydrogens is 328 g/mol. The highest BCUT2D eigenvalue weighted by Crippen LogP contribution is 2.28. The molecule has 2 N–H and O–H groups in total. The van der Waals surface area contributed by atoms with Gasteiger partial charge in [-0.1, -0.05) is 23.7 Å². The van der Waals surface area contributed by atoms with Crippen molar-refractivity contribution in [3.05, 3.63) is 45.8 Å². The van der Waals surface area contributed by atoms with Crippen LogP contribution in [0.25, 0.3) is 0 Å². The summed E-state index contributed by atoms with van der Waals surface area (Å²) in [5, 5.41) is 7.56. The Labute approximate surface area is 137 Å². The number of esters is 1. The molecule has 0 aliphatic heterocycles. The molecule has 0 spiro atoms. The Hall–Kier alpha value is -1.63. The number of hydrogen-bond donors (Lipinski definition) is 2. The summed E-state index contributed by atoms with van der Waals surface area (Å²) in [6.45, 7) is 1.91. The third-order valence-corrected chi connectivity index (χ3v) is 4.11. The van der Waals surface area contributed by atoms with Crippen molar-refractivity contribution in [1.82, 2.24) is 0 Å². The normalized spacial score (nSPS) is 10.0. The van der Waals surface area contributed by atoms with Gasteiger partial charge >= 0.3 is 5.97 Å². The number of benzene rings is 1. The van der Waals surface area contributed by atoms with Gasteiger partial charge in [-0.3, -0.25) is 0 Å². The number of ether oxygens (including phenoxy) is 1. The molecule has 21 heavy (non-hydrogen) atoms. The number of anilines is 2. The predicted octanol–water partition coefficient (Wildman–Crippen LogP) is 4.31. The van der Waals surface area contributed by atoms with Crippen molar-refractivity contribution < 1.29 is 9.53 Å². The van der Waals surface area contributed by atoms with Crippen molar-refractivity contribution in [2.24, 2.45) is 0 Å². The first kappa shape index (κ1) is 15.8. The number of rotatable bonds is 3. The molecule has 1 aromatic heterocycles. The maximum absolute atomic E-state index is 11.7. The topological polar surface area (TPSA) is 50.4 Å². The molecule has 0 aliphatic carbocycles. The van der Waals surface area contributed by atoms with Crippen LogP contribution in [0.1, 0.15) is 15.2 Å². The largest absolute Gasteiger partial charge is 0.465 e. The van der Waals surface area contributed by atoms with Gasteiger partial charge in [-0.2, -0.15) is 0 Å². The lowest BCUT2D eigenvalue weighted by atomic mass is 10.3. The van der Waals surface area contributed by atoms with Crippen LogP contribution in [0, 0.1) is 6.92 Å². The molecule has 2 rings (SSSR count). The monoisotopic (exact) mass is 340 g/mol. The van der Waals surface area contributed by atoms with E-state index in [9.17, 15) is 4.79 Å². The molecule has 4 nitrogen and oxygen atoms in total. The second-order valence-electron chi connectivity index (χ2n) is 4.15. The van der Waals surface area contributed by atoms with E-state index in [0.717, 1.165) is 4.88 Å². The van der Waals surface area contributed by atoms with E-state index in [-0.39, 0.29) is 0 Å². The lowest BCUT2D eigenvalue weighted by molar-refractivity contribution is 0.0602. The molecule has 0 amide bonds. The molecule has 110 valence electrons. The van der Waals surface area contributed by atoms with Gasteiger partial charge in [0.1, 0.15) is 5.00 Å². The van der Waals surface area contributed by atoms with Gasteiger partial charge in [0.05, 0.1) is 23.4 Å². The van der Waals surface area contributed by atoms with E-state index < -0.39 is 5.97 Å². The Balaban J connectivity index is 2.13. The smallest absolute Gasteiger partial charge is 0.340 e. The summed E-state index contributed by atoms with van der Waals surface area (Å²) < 4.78 is 4.75. The molecule has 0 unspecified atom stereocenters. The predicted molar refractivity (Wildman–Crippen MR) is 91.7 cm³/mol. The van der Waals surface area contributed by atoms with Crippen LogP contribution < -0.4 is 10.6 Å². The lowest BCUT2D eigenvalue weighted by Crippen LogP contribution is -2.20. The molecular formula is C14H13ClN2O2S2. The van der Waals surface area contributed by atoms with E-state index in [1.807, 2.05) is 25.1 Å². The molecule has 0 atom stereocenters. The van der Waals surface area contributed by atoms with E-state index in [2.05, 4.69) is 10.6 Å². The summed E-state index contributed by atoms with van der Waals surface area (Å²) >= 11 is 12.7. The second kappa shape index (κ2) is 6.89. The number of methoxy groups -OCH3 is 1. The zero-order valence-corrected chi connectivity index (χ0v) is 13.8. The van der Waals surface area contributed by atoms with Gasteiger partial charge in [0.2, 0.25) is 0 Å². The number of halogens is 1. The number of para-hydroxylation sites is 1. The van der Waals surface area contributed by atoms with Crippen LogP contribution in [0.4, 0.5) is 10.7 Å². The summed E-state index contributed by atoms with van der Waals surface area (Å²) in [4.78, 5) is 12.7. The number of thiophene rings is 1. The molecule has 0 radical (unpaired) electrons. The van der Waals surface area contributed by atoms with Crippen molar-refractivity contribution >= 4 is 56.9 Å². The highest BCUT2D eigenvalue weighted by molar-refractivity contribution is 7.80. The minimum Gasteiger partial charge on any atom is -0.465 e. The fourth-order valence-electron chi connectivity index (χ4n) is 1.69. The minimum absolute atomic E-state index is 0.357. The standard InChI is InChI=1S/C14H13ClN2O2S2/c1-8-7-9(13(18)19-2)12(21-8)17-14(20)16-11-6-4-3-5-10(11)15/h3-7H,1-2H3,(H2,16,17,20). The van der Waals surface area contributed by atoms with Gasteiger partial charge in [-0.15, -0.1) is 11.3 Å². The number of hydrogen-bond acceptors (Lipinski definition) is 4. The molecule has 0 bridgehead atoms. The van der Waals surface area contributed by atoms with Crippen molar-refractivity contribution in [2.75, 3.05) is 17.7 Å². The Morgan fingerprint density at radius 3 is 2.71 bits per heavy atom. The molecule has 2 aromatic rings.